The molecule has 0 unspecified atom stereocenters. The highest BCUT2D eigenvalue weighted by Gasteiger charge is 2.13. The van der Waals surface area contributed by atoms with Gasteiger partial charge in [0.15, 0.2) is 0 Å². The van der Waals surface area contributed by atoms with E-state index in [4.69, 9.17) is 0 Å². The monoisotopic (exact) mass is 388 g/mol. The number of nitrogens with one attached hydrogen (secondary N) is 2. The summed E-state index contributed by atoms with van der Waals surface area (Å²) in [5, 5.41) is 5.56. The van der Waals surface area contributed by atoms with Crippen LogP contribution in [0.3, 0.4) is 0 Å². The second-order valence-corrected chi connectivity index (χ2v) is 6.73. The lowest BCUT2D eigenvalue weighted by atomic mass is 10.1. The minimum atomic E-state index is -0.264. The van der Waals surface area contributed by atoms with Gasteiger partial charge in [-0.15, -0.1) is 0 Å². The minimum Gasteiger partial charge on any atom is -0.340 e. The summed E-state index contributed by atoms with van der Waals surface area (Å²) in [6.07, 6.45) is 3.29. The van der Waals surface area contributed by atoms with E-state index in [0.717, 1.165) is 17.9 Å². The quantitative estimate of drug-likeness (QED) is 0.638. The Morgan fingerprint density at radius 2 is 1.66 bits per heavy atom. The number of nitrogens with zero attached hydrogens (tertiary/aromatic N) is 2. The summed E-state index contributed by atoms with van der Waals surface area (Å²) in [5.74, 6) is -0.430. The van der Waals surface area contributed by atoms with Gasteiger partial charge >= 0.3 is 0 Å². The third-order valence-corrected chi connectivity index (χ3v) is 4.37. The van der Waals surface area contributed by atoms with E-state index in [9.17, 15) is 9.59 Å². The van der Waals surface area contributed by atoms with Crippen LogP contribution in [0.15, 0.2) is 67.0 Å². The van der Waals surface area contributed by atoms with Gasteiger partial charge in [0.25, 0.3) is 5.91 Å². The fraction of sp³-hybridized carbons (Fsp3) is 0.174. The smallest absolute Gasteiger partial charge is 0.257 e. The minimum absolute atomic E-state index is 0.166. The Morgan fingerprint density at radius 1 is 0.931 bits per heavy atom. The van der Waals surface area contributed by atoms with Crippen LogP contribution >= 0.6 is 0 Å². The van der Waals surface area contributed by atoms with Gasteiger partial charge < -0.3 is 15.5 Å². The number of hydrogen-bond donors (Lipinski definition) is 2. The lowest BCUT2D eigenvalue weighted by Gasteiger charge is -2.23. The SMILES string of the molecule is CCN(c1cccc(C)c1)c1cncc(C(=O)Nc2cccc(NC(C)=O)c2)c1. The lowest BCUT2D eigenvalue weighted by Crippen LogP contribution is -2.18. The number of rotatable bonds is 6. The Hall–Kier alpha value is -3.67. The number of aromatic nitrogens is 1. The molecule has 2 N–H and O–H groups in total. The number of carbonyl (C=O) groups excluding carboxylic acids is 2. The molecule has 6 nitrogen and oxygen atoms in total. The third kappa shape index (κ3) is 5.19. The van der Waals surface area contributed by atoms with Crippen molar-refractivity contribution in [3.05, 3.63) is 78.1 Å². The zero-order chi connectivity index (χ0) is 20.8. The Labute approximate surface area is 170 Å². The van der Waals surface area contributed by atoms with E-state index in [0.29, 0.717) is 16.9 Å². The maximum Gasteiger partial charge on any atom is 0.257 e. The normalized spacial score (nSPS) is 10.3. The van der Waals surface area contributed by atoms with E-state index < -0.39 is 0 Å². The Balaban J connectivity index is 1.81. The van der Waals surface area contributed by atoms with Gasteiger partial charge in [-0.2, -0.15) is 0 Å². The van der Waals surface area contributed by atoms with Crippen molar-refractivity contribution >= 4 is 34.6 Å². The largest absolute Gasteiger partial charge is 0.340 e. The van der Waals surface area contributed by atoms with Crippen LogP contribution < -0.4 is 15.5 Å². The summed E-state index contributed by atoms with van der Waals surface area (Å²) in [5.41, 5.74) is 4.74. The topological polar surface area (TPSA) is 74.3 Å². The summed E-state index contributed by atoms with van der Waals surface area (Å²) >= 11 is 0. The van der Waals surface area contributed by atoms with Crippen LogP contribution in [0, 0.1) is 6.92 Å². The molecular formula is C23H24N4O2. The van der Waals surface area contributed by atoms with Crippen molar-refractivity contribution in [2.75, 3.05) is 22.1 Å². The highest BCUT2D eigenvalue weighted by molar-refractivity contribution is 6.05. The molecule has 0 spiro atoms. The van der Waals surface area contributed by atoms with E-state index in [1.165, 1.54) is 12.5 Å². The maximum atomic E-state index is 12.7. The number of amides is 2. The van der Waals surface area contributed by atoms with E-state index in [2.05, 4.69) is 46.5 Å². The van der Waals surface area contributed by atoms with Gasteiger partial charge in [0, 0.05) is 36.7 Å². The Bertz CT molecular complexity index is 1030. The molecule has 0 radical (unpaired) electrons. The number of carbonyl (C=O) groups is 2. The zero-order valence-corrected chi connectivity index (χ0v) is 16.8. The van der Waals surface area contributed by atoms with Crippen molar-refractivity contribution < 1.29 is 9.59 Å². The third-order valence-electron chi connectivity index (χ3n) is 4.37. The first-order chi connectivity index (χ1) is 14.0. The number of anilines is 4. The van der Waals surface area contributed by atoms with Crippen LogP contribution in [0.2, 0.25) is 0 Å². The molecular weight excluding hydrogens is 364 g/mol. The van der Waals surface area contributed by atoms with Crippen molar-refractivity contribution in [2.24, 2.45) is 0 Å². The predicted octanol–water partition coefficient (Wildman–Crippen LogP) is 4.76. The zero-order valence-electron chi connectivity index (χ0n) is 16.8. The van der Waals surface area contributed by atoms with Crippen LogP contribution in [0.1, 0.15) is 29.8 Å². The van der Waals surface area contributed by atoms with E-state index in [1.54, 1.807) is 36.7 Å². The molecule has 0 aliphatic rings. The summed E-state index contributed by atoms with van der Waals surface area (Å²) in [4.78, 5) is 30.3. The van der Waals surface area contributed by atoms with Crippen LogP contribution in [0.5, 0.6) is 0 Å². The molecule has 2 aromatic carbocycles. The van der Waals surface area contributed by atoms with Crippen molar-refractivity contribution in [3.63, 3.8) is 0 Å². The summed E-state index contributed by atoms with van der Waals surface area (Å²) < 4.78 is 0. The van der Waals surface area contributed by atoms with Gasteiger partial charge in [-0.3, -0.25) is 14.6 Å². The van der Waals surface area contributed by atoms with E-state index in [-0.39, 0.29) is 11.8 Å². The molecule has 0 aliphatic carbocycles. The lowest BCUT2D eigenvalue weighted by molar-refractivity contribution is -0.114. The van der Waals surface area contributed by atoms with Crippen molar-refractivity contribution in [3.8, 4) is 0 Å². The molecule has 0 aliphatic heterocycles. The average molecular weight is 388 g/mol. The van der Waals surface area contributed by atoms with Crippen molar-refractivity contribution in [1.82, 2.24) is 4.98 Å². The molecule has 3 rings (SSSR count). The Kier molecular flexibility index (Phi) is 6.24. The summed E-state index contributed by atoms with van der Waals surface area (Å²) in [6, 6.07) is 17.0. The fourth-order valence-electron chi connectivity index (χ4n) is 3.09. The Morgan fingerprint density at radius 3 is 2.34 bits per heavy atom. The molecule has 6 heteroatoms. The molecule has 0 atom stereocenters. The highest BCUT2D eigenvalue weighted by Crippen LogP contribution is 2.26. The molecule has 0 saturated carbocycles. The molecule has 0 fully saturated rings. The van der Waals surface area contributed by atoms with Crippen molar-refractivity contribution in [2.45, 2.75) is 20.8 Å². The molecule has 3 aromatic rings. The number of aryl methyl sites for hydroxylation is 1. The standard InChI is InChI=1S/C23H24N4O2/c1-4-27(21-10-5-7-16(2)11-21)22-12-18(14-24-15-22)23(29)26-20-9-6-8-19(13-20)25-17(3)28/h5-15H,4H2,1-3H3,(H,25,28)(H,26,29). The van der Waals surface area contributed by atoms with Crippen molar-refractivity contribution in [1.29, 1.82) is 0 Å². The molecule has 1 heterocycles. The first-order valence-corrected chi connectivity index (χ1v) is 9.44. The molecule has 0 saturated heterocycles. The second-order valence-electron chi connectivity index (χ2n) is 6.73. The van der Waals surface area contributed by atoms with Crippen LogP contribution in [0.25, 0.3) is 0 Å². The van der Waals surface area contributed by atoms with Gasteiger partial charge in [-0.25, -0.2) is 0 Å². The average Bonchev–Trinajstić information content (AvgIpc) is 2.69. The number of pyridine rings is 1. The fourth-order valence-corrected chi connectivity index (χ4v) is 3.09. The van der Waals surface area contributed by atoms with Gasteiger partial charge in [0.1, 0.15) is 0 Å². The van der Waals surface area contributed by atoms with Gasteiger partial charge in [-0.1, -0.05) is 18.2 Å². The van der Waals surface area contributed by atoms with E-state index >= 15 is 0 Å². The number of benzene rings is 2. The molecule has 148 valence electrons. The molecule has 2 amide bonds. The van der Waals surface area contributed by atoms with Gasteiger partial charge in [0.05, 0.1) is 17.4 Å². The van der Waals surface area contributed by atoms with Crippen LogP contribution in [0.4, 0.5) is 22.7 Å². The summed E-state index contributed by atoms with van der Waals surface area (Å²) in [6.45, 7) is 6.29. The number of hydrogen-bond acceptors (Lipinski definition) is 4. The molecule has 29 heavy (non-hydrogen) atoms. The highest BCUT2D eigenvalue weighted by atomic mass is 16.2. The first-order valence-electron chi connectivity index (χ1n) is 9.44. The first kappa shape index (κ1) is 20.1. The van der Waals surface area contributed by atoms with Gasteiger partial charge in [0.2, 0.25) is 5.91 Å². The molecule has 0 bridgehead atoms. The predicted molar refractivity (Wildman–Crippen MR) is 117 cm³/mol. The molecule has 1 aromatic heterocycles. The maximum absolute atomic E-state index is 12.7. The van der Waals surface area contributed by atoms with Gasteiger partial charge in [-0.05, 0) is 55.8 Å². The van der Waals surface area contributed by atoms with E-state index in [1.807, 2.05) is 18.2 Å². The van der Waals surface area contributed by atoms with Crippen LogP contribution in [-0.2, 0) is 4.79 Å². The van der Waals surface area contributed by atoms with Crippen LogP contribution in [-0.4, -0.2) is 23.3 Å². The second kappa shape index (κ2) is 9.01. The summed E-state index contributed by atoms with van der Waals surface area (Å²) in [7, 11) is 0.